The van der Waals surface area contributed by atoms with Crippen molar-refractivity contribution in [3.8, 4) is 0 Å². The summed E-state index contributed by atoms with van der Waals surface area (Å²) in [5, 5.41) is 1.73. The van der Waals surface area contributed by atoms with E-state index in [-0.39, 0.29) is 25.3 Å². The smallest absolute Gasteiger partial charge is 0.252 e. The van der Waals surface area contributed by atoms with E-state index in [0.29, 0.717) is 15.7 Å². The van der Waals surface area contributed by atoms with Gasteiger partial charge in [-0.2, -0.15) is 4.31 Å². The highest BCUT2D eigenvalue weighted by Crippen LogP contribution is 2.26. The van der Waals surface area contributed by atoms with Crippen LogP contribution >= 0.6 is 11.3 Å². The minimum Gasteiger partial charge on any atom is -0.368 e. The number of aromatic nitrogens is 2. The van der Waals surface area contributed by atoms with Gasteiger partial charge in [-0.15, -0.1) is 11.3 Å². The Hall–Kier alpha value is -1.55. The first kappa shape index (κ1) is 15.3. The van der Waals surface area contributed by atoms with Gasteiger partial charge in [0.2, 0.25) is 0 Å². The standard InChI is InChI=1S/C13H15N3O4S2/c1-9-7-11(17)15-13(14-9)10-8-16(4-5-20-10)22(18,19)12-3-2-6-21-12/h2-3,6-7,10H,4-5,8H2,1H3,(H,14,15,17)/t10-/m1/s1. The van der Waals surface area contributed by atoms with Crippen LogP contribution in [0.2, 0.25) is 0 Å². The predicted octanol–water partition coefficient (Wildman–Crippen LogP) is 0.902. The molecule has 2 aromatic heterocycles. The minimum atomic E-state index is -3.53. The first-order valence-corrected chi connectivity index (χ1v) is 9.02. The second-order valence-corrected chi connectivity index (χ2v) is 8.04. The maximum absolute atomic E-state index is 12.5. The van der Waals surface area contributed by atoms with Crippen LogP contribution in [0.1, 0.15) is 17.6 Å². The van der Waals surface area contributed by atoms with E-state index in [1.807, 2.05) is 0 Å². The number of hydrogen-bond acceptors (Lipinski definition) is 6. The molecule has 0 spiro atoms. The molecule has 1 fully saturated rings. The molecular formula is C13H15N3O4S2. The highest BCUT2D eigenvalue weighted by molar-refractivity contribution is 7.91. The maximum Gasteiger partial charge on any atom is 0.252 e. The lowest BCUT2D eigenvalue weighted by Crippen LogP contribution is -2.42. The average molecular weight is 341 g/mol. The fourth-order valence-electron chi connectivity index (χ4n) is 2.30. The second kappa shape index (κ2) is 5.92. The molecule has 9 heteroatoms. The van der Waals surface area contributed by atoms with Crippen LogP contribution in [0, 0.1) is 6.92 Å². The second-order valence-electron chi connectivity index (χ2n) is 4.93. The molecule has 1 saturated heterocycles. The van der Waals surface area contributed by atoms with Crippen molar-refractivity contribution in [3.05, 3.63) is 45.5 Å². The van der Waals surface area contributed by atoms with E-state index in [9.17, 15) is 13.2 Å². The van der Waals surface area contributed by atoms with E-state index in [0.717, 1.165) is 0 Å². The molecule has 2 aromatic rings. The highest BCUT2D eigenvalue weighted by Gasteiger charge is 2.33. The van der Waals surface area contributed by atoms with Gasteiger partial charge in [-0.1, -0.05) is 6.07 Å². The quantitative estimate of drug-likeness (QED) is 0.895. The van der Waals surface area contributed by atoms with Crippen LogP contribution < -0.4 is 5.56 Å². The number of thiophene rings is 1. The largest absolute Gasteiger partial charge is 0.368 e. The van der Waals surface area contributed by atoms with Gasteiger partial charge in [0.15, 0.2) is 0 Å². The van der Waals surface area contributed by atoms with Gasteiger partial charge in [-0.3, -0.25) is 4.79 Å². The molecule has 22 heavy (non-hydrogen) atoms. The van der Waals surface area contributed by atoms with Crippen LogP contribution in [0.15, 0.2) is 32.6 Å². The summed E-state index contributed by atoms with van der Waals surface area (Å²) in [7, 11) is -3.53. The predicted molar refractivity (Wildman–Crippen MR) is 81.4 cm³/mol. The van der Waals surface area contributed by atoms with Crippen LogP contribution in [-0.4, -0.2) is 42.4 Å². The lowest BCUT2D eigenvalue weighted by Gasteiger charge is -2.31. The number of nitrogens with zero attached hydrogens (tertiary/aromatic N) is 2. The lowest BCUT2D eigenvalue weighted by atomic mass is 10.3. The Morgan fingerprint density at radius 3 is 3.00 bits per heavy atom. The number of sulfonamides is 1. The van der Waals surface area contributed by atoms with Crippen LogP contribution in [0.25, 0.3) is 0 Å². The SMILES string of the molecule is Cc1cc(=O)[nH]c([C@H]2CN(S(=O)(=O)c3cccs3)CCO2)n1. The first-order valence-electron chi connectivity index (χ1n) is 6.70. The normalized spacial score (nSPS) is 20.1. The van der Waals surface area contributed by atoms with E-state index >= 15 is 0 Å². The molecule has 0 aromatic carbocycles. The van der Waals surface area contributed by atoms with Crippen molar-refractivity contribution in [1.82, 2.24) is 14.3 Å². The monoisotopic (exact) mass is 341 g/mol. The van der Waals surface area contributed by atoms with Gasteiger partial charge in [0.1, 0.15) is 16.1 Å². The number of aromatic amines is 1. The van der Waals surface area contributed by atoms with Crippen LogP contribution in [0.5, 0.6) is 0 Å². The number of H-pyrrole nitrogens is 1. The molecule has 0 aliphatic carbocycles. The van der Waals surface area contributed by atoms with Crippen molar-refractivity contribution in [2.75, 3.05) is 19.7 Å². The lowest BCUT2D eigenvalue weighted by molar-refractivity contribution is -0.00768. The van der Waals surface area contributed by atoms with E-state index in [1.54, 1.807) is 24.4 Å². The Kier molecular flexibility index (Phi) is 4.13. The summed E-state index contributed by atoms with van der Waals surface area (Å²) in [6.07, 6.45) is -0.573. The third-order valence-electron chi connectivity index (χ3n) is 3.31. The summed E-state index contributed by atoms with van der Waals surface area (Å²) in [5.74, 6) is 0.357. The molecule has 3 heterocycles. The topological polar surface area (TPSA) is 92.4 Å². The summed E-state index contributed by atoms with van der Waals surface area (Å²) in [5.41, 5.74) is 0.296. The molecule has 0 radical (unpaired) electrons. The molecule has 0 unspecified atom stereocenters. The molecule has 0 bridgehead atoms. The van der Waals surface area contributed by atoms with Crippen LogP contribution in [0.4, 0.5) is 0 Å². The van der Waals surface area contributed by atoms with E-state index in [4.69, 9.17) is 4.74 Å². The molecule has 3 rings (SSSR count). The number of nitrogens with one attached hydrogen (secondary N) is 1. The van der Waals surface area contributed by atoms with Gasteiger partial charge in [0.05, 0.1) is 6.61 Å². The number of ether oxygens (including phenoxy) is 1. The zero-order valence-electron chi connectivity index (χ0n) is 11.9. The van der Waals surface area contributed by atoms with Gasteiger partial charge in [-0.05, 0) is 18.4 Å². The molecule has 118 valence electrons. The molecular weight excluding hydrogens is 326 g/mol. The van der Waals surface area contributed by atoms with Gasteiger partial charge >= 0.3 is 0 Å². The van der Waals surface area contributed by atoms with Crippen molar-refractivity contribution < 1.29 is 13.2 Å². The van der Waals surface area contributed by atoms with Crippen molar-refractivity contribution >= 4 is 21.4 Å². The zero-order chi connectivity index (χ0) is 15.7. The van der Waals surface area contributed by atoms with E-state index < -0.39 is 16.1 Å². The number of morpholine rings is 1. The number of aryl methyl sites for hydroxylation is 1. The molecule has 7 nitrogen and oxygen atoms in total. The van der Waals surface area contributed by atoms with Crippen molar-refractivity contribution in [1.29, 1.82) is 0 Å². The van der Waals surface area contributed by atoms with Gasteiger partial charge in [0.25, 0.3) is 15.6 Å². The third-order valence-corrected chi connectivity index (χ3v) is 6.55. The maximum atomic E-state index is 12.5. The molecule has 1 N–H and O–H groups in total. The Labute approximate surface area is 131 Å². The summed E-state index contributed by atoms with van der Waals surface area (Å²) in [4.78, 5) is 18.4. The zero-order valence-corrected chi connectivity index (χ0v) is 13.5. The van der Waals surface area contributed by atoms with Crippen LogP contribution in [-0.2, 0) is 14.8 Å². The average Bonchev–Trinajstić information content (AvgIpc) is 3.01. The molecule has 1 aliphatic heterocycles. The van der Waals surface area contributed by atoms with E-state index in [2.05, 4.69) is 9.97 Å². The Morgan fingerprint density at radius 2 is 2.32 bits per heavy atom. The van der Waals surface area contributed by atoms with Gasteiger partial charge in [-0.25, -0.2) is 13.4 Å². The summed E-state index contributed by atoms with van der Waals surface area (Å²) in [6.45, 7) is 2.38. The Balaban J connectivity index is 1.87. The molecule has 0 amide bonds. The fourth-order valence-corrected chi connectivity index (χ4v) is 4.87. The number of hydrogen-bond donors (Lipinski definition) is 1. The summed E-state index contributed by atoms with van der Waals surface area (Å²) < 4.78 is 32.4. The van der Waals surface area contributed by atoms with Gasteiger partial charge < -0.3 is 9.72 Å². The summed E-state index contributed by atoms with van der Waals surface area (Å²) in [6, 6.07) is 4.67. The van der Waals surface area contributed by atoms with Crippen molar-refractivity contribution in [3.63, 3.8) is 0 Å². The first-order chi connectivity index (χ1) is 10.5. The Bertz CT molecular complexity index is 814. The number of rotatable bonds is 3. The highest BCUT2D eigenvalue weighted by atomic mass is 32.2. The van der Waals surface area contributed by atoms with Crippen molar-refractivity contribution in [2.24, 2.45) is 0 Å². The van der Waals surface area contributed by atoms with E-state index in [1.165, 1.54) is 21.7 Å². The van der Waals surface area contributed by atoms with Crippen molar-refractivity contribution in [2.45, 2.75) is 17.2 Å². The molecule has 1 aliphatic rings. The third kappa shape index (κ3) is 2.98. The Morgan fingerprint density at radius 1 is 1.50 bits per heavy atom. The minimum absolute atomic E-state index is 0.132. The molecule has 1 atom stereocenters. The van der Waals surface area contributed by atoms with Crippen LogP contribution in [0.3, 0.4) is 0 Å². The molecule has 0 saturated carbocycles. The van der Waals surface area contributed by atoms with Gasteiger partial charge in [0, 0.05) is 24.8 Å². The summed E-state index contributed by atoms with van der Waals surface area (Å²) >= 11 is 1.18. The fraction of sp³-hybridized carbons (Fsp3) is 0.385.